The highest BCUT2D eigenvalue weighted by Crippen LogP contribution is 2.43. The lowest BCUT2D eigenvalue weighted by atomic mass is 9.73. The van der Waals surface area contributed by atoms with Crippen molar-refractivity contribution in [1.29, 1.82) is 0 Å². The maximum atomic E-state index is 12.0. The summed E-state index contributed by atoms with van der Waals surface area (Å²) in [7, 11) is 1.67. The molecule has 0 aromatic heterocycles. The van der Waals surface area contributed by atoms with E-state index in [2.05, 4.69) is 28.9 Å². The van der Waals surface area contributed by atoms with E-state index in [9.17, 15) is 4.79 Å². The monoisotopic (exact) mass is 368 g/mol. The predicted molar refractivity (Wildman–Crippen MR) is 107 cm³/mol. The minimum Gasteiger partial charge on any atom is -0.497 e. The molecule has 4 aliphatic rings. The van der Waals surface area contributed by atoms with Crippen LogP contribution in [-0.2, 0) is 9.53 Å². The number of carbonyl (C=O) groups excluding carboxylic acids is 1. The first-order chi connectivity index (χ1) is 13.1. The van der Waals surface area contributed by atoms with Gasteiger partial charge in [0.25, 0.3) is 0 Å². The van der Waals surface area contributed by atoms with Gasteiger partial charge in [0, 0.05) is 36.8 Å². The number of nitrogens with zero attached hydrogens (tertiary/aromatic N) is 1. The predicted octanol–water partition coefficient (Wildman–Crippen LogP) is 3.33. The minimum absolute atomic E-state index is 0.215. The summed E-state index contributed by atoms with van der Waals surface area (Å²) in [5.74, 6) is 1.75. The Kier molecular flexibility index (Phi) is 4.96. The van der Waals surface area contributed by atoms with Crippen molar-refractivity contribution >= 4 is 17.2 Å². The molecular weight excluding hydrogens is 340 g/mol. The zero-order chi connectivity index (χ0) is 19.0. The van der Waals surface area contributed by atoms with E-state index in [1.54, 1.807) is 7.11 Å². The molecule has 1 aromatic rings. The molecule has 5 atom stereocenters. The van der Waals surface area contributed by atoms with E-state index >= 15 is 0 Å². The fourth-order valence-electron chi connectivity index (χ4n) is 4.91. The molecule has 5 nitrogen and oxygen atoms in total. The zero-order valence-electron chi connectivity index (χ0n) is 16.1. The van der Waals surface area contributed by atoms with Crippen molar-refractivity contribution in [3.05, 3.63) is 42.5 Å². The fraction of sp³-hybridized carbons (Fsp3) is 0.500. The standard InChI is InChI=1S/C22H28N2O3/c1-4-15-13-24-10-8-16(15)11-21(24)22(27-14(2)25)18-7-9-23-20-6-5-17(26-3)12-19(18)20/h4-7,12,15-16,21-23H,1,8-11,13H2,2-3H3/t15-,16-,21+,22-/m0/s1. The second-order valence-electron chi connectivity index (χ2n) is 7.73. The van der Waals surface area contributed by atoms with Crippen LogP contribution in [0.4, 0.5) is 5.69 Å². The van der Waals surface area contributed by atoms with Crippen LogP contribution in [0, 0.1) is 11.8 Å². The van der Waals surface area contributed by atoms with Gasteiger partial charge in [0.2, 0.25) is 0 Å². The van der Waals surface area contributed by atoms with Crippen LogP contribution in [0.3, 0.4) is 0 Å². The molecule has 4 heterocycles. The highest BCUT2D eigenvalue weighted by Gasteiger charge is 2.44. The Morgan fingerprint density at radius 3 is 2.96 bits per heavy atom. The largest absolute Gasteiger partial charge is 0.497 e. The third-order valence-corrected chi connectivity index (χ3v) is 6.26. The lowest BCUT2D eigenvalue weighted by Gasteiger charge is -2.51. The third kappa shape index (κ3) is 3.36. The number of esters is 1. The molecule has 4 aliphatic heterocycles. The van der Waals surface area contributed by atoms with Gasteiger partial charge in [-0.2, -0.15) is 0 Å². The van der Waals surface area contributed by atoms with E-state index in [4.69, 9.17) is 9.47 Å². The quantitative estimate of drug-likeness (QED) is 0.638. The number of fused-ring (bicyclic) bond motifs is 4. The second kappa shape index (κ2) is 7.39. The lowest BCUT2D eigenvalue weighted by Crippen LogP contribution is -2.58. The van der Waals surface area contributed by atoms with E-state index in [-0.39, 0.29) is 18.1 Å². The molecule has 0 amide bonds. The Morgan fingerprint density at radius 2 is 2.30 bits per heavy atom. The van der Waals surface area contributed by atoms with Crippen LogP contribution in [0.1, 0.15) is 25.3 Å². The number of anilines is 1. The summed E-state index contributed by atoms with van der Waals surface area (Å²) < 4.78 is 11.4. The molecule has 1 aromatic carbocycles. The molecular formula is C22H28N2O3. The van der Waals surface area contributed by atoms with Gasteiger partial charge in [-0.15, -0.1) is 6.58 Å². The number of nitrogens with one attached hydrogen (secondary N) is 1. The Hall–Kier alpha value is -2.27. The van der Waals surface area contributed by atoms with Crippen molar-refractivity contribution in [2.75, 3.05) is 32.1 Å². The number of benzene rings is 1. The van der Waals surface area contributed by atoms with Crippen molar-refractivity contribution in [2.45, 2.75) is 31.9 Å². The summed E-state index contributed by atoms with van der Waals surface area (Å²) in [5, 5.41) is 3.41. The average Bonchev–Trinajstić information content (AvgIpc) is 2.71. The van der Waals surface area contributed by atoms with Crippen LogP contribution in [0.15, 0.2) is 36.9 Å². The highest BCUT2D eigenvalue weighted by molar-refractivity contribution is 5.84. The first-order valence-corrected chi connectivity index (χ1v) is 9.77. The van der Waals surface area contributed by atoms with Gasteiger partial charge in [-0.1, -0.05) is 12.2 Å². The van der Waals surface area contributed by atoms with Crippen LogP contribution in [0.5, 0.6) is 5.75 Å². The number of hydrogen-bond acceptors (Lipinski definition) is 5. The molecule has 1 unspecified atom stereocenters. The van der Waals surface area contributed by atoms with E-state index in [0.717, 1.165) is 48.6 Å². The fourth-order valence-corrected chi connectivity index (χ4v) is 4.91. The average molecular weight is 368 g/mol. The molecule has 27 heavy (non-hydrogen) atoms. The summed E-state index contributed by atoms with van der Waals surface area (Å²) in [6.07, 6.45) is 6.23. The molecule has 0 saturated carbocycles. The first-order valence-electron chi connectivity index (χ1n) is 9.77. The highest BCUT2D eigenvalue weighted by atomic mass is 16.5. The smallest absolute Gasteiger partial charge is 0.303 e. The molecule has 1 N–H and O–H groups in total. The maximum absolute atomic E-state index is 12.0. The Balaban J connectivity index is 1.69. The summed E-state index contributed by atoms with van der Waals surface area (Å²) in [4.78, 5) is 14.5. The molecule has 3 fully saturated rings. The van der Waals surface area contributed by atoms with Gasteiger partial charge in [-0.05, 0) is 49.4 Å². The van der Waals surface area contributed by atoms with Crippen LogP contribution < -0.4 is 10.1 Å². The van der Waals surface area contributed by atoms with Gasteiger partial charge in [0.05, 0.1) is 13.2 Å². The zero-order valence-corrected chi connectivity index (χ0v) is 16.1. The third-order valence-electron chi connectivity index (χ3n) is 6.26. The lowest BCUT2D eigenvalue weighted by molar-refractivity contribution is -0.149. The van der Waals surface area contributed by atoms with E-state index in [1.165, 1.54) is 13.3 Å². The SMILES string of the molecule is C=C[C@H]1CN2CC[C@H]1C[C@@H]2[C@@H](OC(C)=O)C1=CCNc2ccc(OC)cc21. The number of piperidine rings is 3. The van der Waals surface area contributed by atoms with E-state index < -0.39 is 0 Å². The Labute approximate surface area is 161 Å². The van der Waals surface area contributed by atoms with E-state index in [0.29, 0.717) is 11.8 Å². The van der Waals surface area contributed by atoms with Crippen LogP contribution >= 0.6 is 0 Å². The molecule has 0 spiro atoms. The first kappa shape index (κ1) is 18.1. The van der Waals surface area contributed by atoms with Gasteiger partial charge in [-0.25, -0.2) is 0 Å². The van der Waals surface area contributed by atoms with Crippen molar-refractivity contribution in [3.8, 4) is 5.75 Å². The molecule has 3 saturated heterocycles. The molecule has 0 aliphatic carbocycles. The van der Waals surface area contributed by atoms with Crippen molar-refractivity contribution in [2.24, 2.45) is 11.8 Å². The summed E-state index contributed by atoms with van der Waals surface area (Å²) in [5.41, 5.74) is 3.21. The molecule has 2 bridgehead atoms. The summed E-state index contributed by atoms with van der Waals surface area (Å²) >= 11 is 0. The Morgan fingerprint density at radius 1 is 1.44 bits per heavy atom. The normalized spacial score (nSPS) is 29.8. The van der Waals surface area contributed by atoms with Crippen molar-refractivity contribution in [1.82, 2.24) is 4.90 Å². The topological polar surface area (TPSA) is 50.8 Å². The number of methoxy groups -OCH3 is 1. The van der Waals surface area contributed by atoms with Crippen molar-refractivity contribution < 1.29 is 14.3 Å². The van der Waals surface area contributed by atoms with Crippen LogP contribution in [0.2, 0.25) is 0 Å². The molecule has 5 rings (SSSR count). The maximum Gasteiger partial charge on any atom is 0.303 e. The van der Waals surface area contributed by atoms with Gasteiger partial charge >= 0.3 is 5.97 Å². The molecule has 5 heteroatoms. The van der Waals surface area contributed by atoms with Crippen LogP contribution in [0.25, 0.3) is 5.57 Å². The van der Waals surface area contributed by atoms with Gasteiger partial charge in [0.1, 0.15) is 11.9 Å². The Bertz CT molecular complexity index is 773. The molecule has 0 radical (unpaired) electrons. The second-order valence-corrected chi connectivity index (χ2v) is 7.73. The van der Waals surface area contributed by atoms with Gasteiger partial charge in [0.15, 0.2) is 0 Å². The number of carbonyl (C=O) groups is 1. The van der Waals surface area contributed by atoms with E-state index in [1.807, 2.05) is 18.2 Å². The minimum atomic E-state index is -0.260. The number of ether oxygens (including phenoxy) is 2. The molecule has 144 valence electrons. The summed E-state index contributed by atoms with van der Waals surface area (Å²) in [6.45, 7) is 8.32. The number of rotatable bonds is 5. The van der Waals surface area contributed by atoms with Crippen LogP contribution in [-0.4, -0.2) is 49.8 Å². The van der Waals surface area contributed by atoms with Crippen molar-refractivity contribution in [3.63, 3.8) is 0 Å². The van der Waals surface area contributed by atoms with Gasteiger partial charge in [-0.3, -0.25) is 9.69 Å². The summed E-state index contributed by atoms with van der Waals surface area (Å²) in [6, 6.07) is 6.24. The van der Waals surface area contributed by atoms with Gasteiger partial charge < -0.3 is 14.8 Å². The number of hydrogen-bond donors (Lipinski definition) is 1.